The molecule has 2 aromatic carbocycles. The van der Waals surface area contributed by atoms with Crippen LogP contribution in [0.3, 0.4) is 0 Å². The Bertz CT molecular complexity index is 1010. The normalized spacial score (nSPS) is 10.4. The van der Waals surface area contributed by atoms with E-state index in [0.29, 0.717) is 11.4 Å². The molecule has 0 aliphatic carbocycles. The molecule has 0 aliphatic rings. The molecule has 0 fully saturated rings. The van der Waals surface area contributed by atoms with E-state index in [4.69, 9.17) is 4.74 Å². The summed E-state index contributed by atoms with van der Waals surface area (Å²) in [5.74, 6) is 0.346. The number of aryl methyl sites for hydroxylation is 1. The first-order valence-corrected chi connectivity index (χ1v) is 8.71. The highest BCUT2D eigenvalue weighted by Crippen LogP contribution is 2.27. The molecule has 6 heteroatoms. The number of carbonyl (C=O) groups excluding carboxylic acids is 1. The second-order valence-corrected chi connectivity index (χ2v) is 5.97. The Kier molecular flexibility index (Phi) is 5.66. The summed E-state index contributed by atoms with van der Waals surface area (Å²) < 4.78 is 6.51. The van der Waals surface area contributed by atoms with Gasteiger partial charge in [0.15, 0.2) is 0 Å². The van der Waals surface area contributed by atoms with Crippen molar-refractivity contribution in [3.63, 3.8) is 0 Å². The molecule has 0 aliphatic heterocycles. The Balaban J connectivity index is 1.85. The second-order valence-electron chi connectivity index (χ2n) is 5.97. The van der Waals surface area contributed by atoms with Crippen molar-refractivity contribution >= 4 is 11.6 Å². The number of nitrogens with zero attached hydrogens (tertiary/aromatic N) is 2. The molecule has 138 valence electrons. The van der Waals surface area contributed by atoms with Gasteiger partial charge in [-0.05, 0) is 36.2 Å². The molecule has 0 saturated carbocycles. The van der Waals surface area contributed by atoms with Crippen LogP contribution >= 0.6 is 0 Å². The van der Waals surface area contributed by atoms with Crippen molar-refractivity contribution in [2.24, 2.45) is 0 Å². The Labute approximate surface area is 157 Å². The van der Waals surface area contributed by atoms with E-state index in [0.717, 1.165) is 27.9 Å². The van der Waals surface area contributed by atoms with Crippen LogP contribution in [0.25, 0.3) is 11.3 Å². The molecule has 6 nitrogen and oxygen atoms in total. The third-order valence-electron chi connectivity index (χ3n) is 4.22. The summed E-state index contributed by atoms with van der Waals surface area (Å²) in [6.07, 6.45) is 0.804. The molecule has 0 radical (unpaired) electrons. The third kappa shape index (κ3) is 4.23. The molecule has 0 atom stereocenters. The van der Waals surface area contributed by atoms with Gasteiger partial charge in [-0.1, -0.05) is 37.3 Å². The molecule has 3 rings (SSSR count). The van der Waals surface area contributed by atoms with Crippen molar-refractivity contribution in [3.8, 4) is 17.0 Å². The van der Waals surface area contributed by atoms with Gasteiger partial charge in [0.25, 0.3) is 5.56 Å². The minimum Gasteiger partial charge on any atom is -0.496 e. The number of benzene rings is 2. The van der Waals surface area contributed by atoms with Gasteiger partial charge in [0, 0.05) is 17.3 Å². The van der Waals surface area contributed by atoms with Crippen LogP contribution in [0, 0.1) is 0 Å². The van der Waals surface area contributed by atoms with Crippen LogP contribution < -0.4 is 15.6 Å². The predicted octanol–water partition coefficient (Wildman–Crippen LogP) is 3.12. The lowest BCUT2D eigenvalue weighted by Crippen LogP contribution is -2.29. The summed E-state index contributed by atoms with van der Waals surface area (Å²) in [7, 11) is 1.58. The van der Waals surface area contributed by atoms with Crippen molar-refractivity contribution in [1.82, 2.24) is 9.78 Å². The van der Waals surface area contributed by atoms with Crippen molar-refractivity contribution in [2.45, 2.75) is 19.9 Å². The molecule has 1 aromatic heterocycles. The summed E-state index contributed by atoms with van der Waals surface area (Å²) >= 11 is 0. The van der Waals surface area contributed by atoms with Gasteiger partial charge in [0.05, 0.1) is 12.8 Å². The number of anilines is 1. The number of aromatic nitrogens is 2. The van der Waals surface area contributed by atoms with Crippen LogP contribution in [0.15, 0.2) is 65.5 Å². The molecule has 0 spiro atoms. The fraction of sp³-hybridized carbons (Fsp3) is 0.190. The minimum absolute atomic E-state index is 0.167. The fourth-order valence-electron chi connectivity index (χ4n) is 2.84. The number of carbonyl (C=O) groups is 1. The molecule has 3 aromatic rings. The number of hydrogen-bond donors (Lipinski definition) is 1. The number of para-hydroxylation sites is 2. The third-order valence-corrected chi connectivity index (χ3v) is 4.22. The zero-order valence-electron chi connectivity index (χ0n) is 15.3. The Morgan fingerprint density at radius 2 is 1.81 bits per heavy atom. The molecular weight excluding hydrogens is 342 g/mol. The number of amides is 1. The summed E-state index contributed by atoms with van der Waals surface area (Å²) in [6.45, 7) is 1.85. The van der Waals surface area contributed by atoms with Gasteiger partial charge < -0.3 is 10.1 Å². The molecule has 0 bridgehead atoms. The van der Waals surface area contributed by atoms with E-state index in [1.165, 1.54) is 6.07 Å². The van der Waals surface area contributed by atoms with Crippen molar-refractivity contribution in [3.05, 3.63) is 76.6 Å². The zero-order valence-corrected chi connectivity index (χ0v) is 15.3. The second kappa shape index (κ2) is 8.31. The number of methoxy groups -OCH3 is 1. The zero-order chi connectivity index (χ0) is 19.2. The SMILES string of the molecule is CCc1ccccc1NC(=O)Cn1nc(-c2ccccc2OC)ccc1=O. The van der Waals surface area contributed by atoms with Crippen LogP contribution in [0.5, 0.6) is 5.75 Å². The highest BCUT2D eigenvalue weighted by molar-refractivity contribution is 5.91. The van der Waals surface area contributed by atoms with E-state index in [1.54, 1.807) is 13.2 Å². The van der Waals surface area contributed by atoms with Gasteiger partial charge in [-0.15, -0.1) is 0 Å². The van der Waals surface area contributed by atoms with Crippen LogP contribution in [0.4, 0.5) is 5.69 Å². The fourth-order valence-corrected chi connectivity index (χ4v) is 2.84. The lowest BCUT2D eigenvalue weighted by atomic mass is 10.1. The largest absolute Gasteiger partial charge is 0.496 e. The van der Waals surface area contributed by atoms with Crippen molar-refractivity contribution in [2.75, 3.05) is 12.4 Å². The summed E-state index contributed by atoms with van der Waals surface area (Å²) in [6, 6.07) is 18.0. The molecule has 0 saturated heterocycles. The lowest BCUT2D eigenvalue weighted by Gasteiger charge is -2.12. The van der Waals surface area contributed by atoms with Crippen LogP contribution in [-0.2, 0) is 17.8 Å². The summed E-state index contributed by atoms with van der Waals surface area (Å²) in [5, 5.41) is 7.19. The summed E-state index contributed by atoms with van der Waals surface area (Å²) in [4.78, 5) is 24.6. The highest BCUT2D eigenvalue weighted by atomic mass is 16.5. The van der Waals surface area contributed by atoms with E-state index in [1.807, 2.05) is 55.5 Å². The number of nitrogens with one attached hydrogen (secondary N) is 1. The standard InChI is InChI=1S/C21H21N3O3/c1-3-15-8-4-6-10-17(15)22-20(25)14-24-21(26)13-12-18(23-24)16-9-5-7-11-19(16)27-2/h4-13H,3,14H2,1-2H3,(H,22,25). The topological polar surface area (TPSA) is 73.2 Å². The Morgan fingerprint density at radius 3 is 2.59 bits per heavy atom. The van der Waals surface area contributed by atoms with E-state index < -0.39 is 0 Å². The number of rotatable bonds is 6. The van der Waals surface area contributed by atoms with Crippen molar-refractivity contribution < 1.29 is 9.53 Å². The first kappa shape index (κ1) is 18.4. The van der Waals surface area contributed by atoms with E-state index in [9.17, 15) is 9.59 Å². The van der Waals surface area contributed by atoms with Crippen molar-refractivity contribution in [1.29, 1.82) is 0 Å². The first-order chi connectivity index (χ1) is 13.1. The van der Waals surface area contributed by atoms with E-state index in [2.05, 4.69) is 10.4 Å². The lowest BCUT2D eigenvalue weighted by molar-refractivity contribution is -0.117. The maximum Gasteiger partial charge on any atom is 0.267 e. The molecule has 1 N–H and O–H groups in total. The molecular formula is C21H21N3O3. The minimum atomic E-state index is -0.340. The maximum atomic E-state index is 12.4. The van der Waals surface area contributed by atoms with Gasteiger partial charge in [0.2, 0.25) is 5.91 Å². The predicted molar refractivity (Wildman–Crippen MR) is 105 cm³/mol. The van der Waals surface area contributed by atoms with E-state index in [-0.39, 0.29) is 18.0 Å². The maximum absolute atomic E-state index is 12.4. The molecule has 0 unspecified atom stereocenters. The molecule has 27 heavy (non-hydrogen) atoms. The van der Waals surface area contributed by atoms with E-state index >= 15 is 0 Å². The quantitative estimate of drug-likeness (QED) is 0.730. The molecule has 1 amide bonds. The highest BCUT2D eigenvalue weighted by Gasteiger charge is 2.12. The smallest absolute Gasteiger partial charge is 0.267 e. The average Bonchev–Trinajstić information content (AvgIpc) is 2.70. The summed E-state index contributed by atoms with van der Waals surface area (Å²) in [5.41, 5.74) is 2.76. The van der Waals surface area contributed by atoms with Gasteiger partial charge >= 0.3 is 0 Å². The average molecular weight is 363 g/mol. The van der Waals surface area contributed by atoms with Crippen LogP contribution in [0.2, 0.25) is 0 Å². The first-order valence-electron chi connectivity index (χ1n) is 8.71. The van der Waals surface area contributed by atoms with Gasteiger partial charge in [0.1, 0.15) is 12.3 Å². The number of hydrogen-bond acceptors (Lipinski definition) is 4. The van der Waals surface area contributed by atoms with Gasteiger partial charge in [-0.25, -0.2) is 4.68 Å². The Morgan fingerprint density at radius 1 is 1.07 bits per heavy atom. The number of ether oxygens (including phenoxy) is 1. The van der Waals surface area contributed by atoms with Crippen LogP contribution in [-0.4, -0.2) is 22.8 Å². The monoisotopic (exact) mass is 363 g/mol. The van der Waals surface area contributed by atoms with Gasteiger partial charge in [-0.2, -0.15) is 5.10 Å². The Hall–Kier alpha value is -3.41. The molecule has 1 heterocycles. The van der Waals surface area contributed by atoms with Crippen LogP contribution in [0.1, 0.15) is 12.5 Å². The van der Waals surface area contributed by atoms with Gasteiger partial charge in [-0.3, -0.25) is 9.59 Å².